The number of benzene rings is 1. The molecule has 0 aliphatic rings. The molecule has 0 atom stereocenters. The highest BCUT2D eigenvalue weighted by Gasteiger charge is 2.09. The van der Waals surface area contributed by atoms with Crippen LogP contribution in [0.4, 0.5) is 0 Å². The lowest BCUT2D eigenvalue weighted by molar-refractivity contribution is 0.0985. The third-order valence-corrected chi connectivity index (χ3v) is 2.57. The van der Waals surface area contributed by atoms with E-state index in [4.69, 9.17) is 5.73 Å². The number of ketones is 1. The fraction of sp³-hybridized carbons (Fsp3) is 0.250. The van der Waals surface area contributed by atoms with Gasteiger partial charge in [0.25, 0.3) is 0 Å². The fourth-order valence-electron chi connectivity index (χ4n) is 1.77. The molecular weight excluding hydrogens is 188 g/mol. The summed E-state index contributed by atoms with van der Waals surface area (Å²) in [5.74, 6) is 0.123. The Kier molecular flexibility index (Phi) is 2.56. The van der Waals surface area contributed by atoms with Crippen molar-refractivity contribution in [2.24, 2.45) is 5.73 Å². The Morgan fingerprint density at radius 1 is 1.47 bits per heavy atom. The van der Waals surface area contributed by atoms with Crippen molar-refractivity contribution >= 4 is 16.7 Å². The van der Waals surface area contributed by atoms with Crippen LogP contribution in [0.1, 0.15) is 22.3 Å². The third-order valence-electron chi connectivity index (χ3n) is 2.57. The minimum Gasteiger partial charge on any atom is -0.361 e. The van der Waals surface area contributed by atoms with Gasteiger partial charge in [-0.15, -0.1) is 0 Å². The highest BCUT2D eigenvalue weighted by Crippen LogP contribution is 2.19. The number of aryl methyl sites for hydroxylation is 1. The molecule has 1 aromatic heterocycles. The molecule has 78 valence electrons. The van der Waals surface area contributed by atoms with Crippen LogP contribution in [0, 0.1) is 6.92 Å². The molecule has 0 aliphatic heterocycles. The smallest absolute Gasteiger partial charge is 0.164 e. The van der Waals surface area contributed by atoms with Crippen molar-refractivity contribution in [2.75, 3.05) is 6.54 Å². The summed E-state index contributed by atoms with van der Waals surface area (Å²) in [6.07, 6.45) is 2.29. The SMILES string of the molecule is Cc1cc2[nH]ccc2cc1C(=O)CCN. The van der Waals surface area contributed by atoms with E-state index in [1.165, 1.54) is 0 Å². The maximum Gasteiger partial charge on any atom is 0.164 e. The van der Waals surface area contributed by atoms with Crippen molar-refractivity contribution in [1.29, 1.82) is 0 Å². The monoisotopic (exact) mass is 202 g/mol. The van der Waals surface area contributed by atoms with Crippen LogP contribution in [0.25, 0.3) is 10.9 Å². The number of aromatic amines is 1. The number of fused-ring (bicyclic) bond motifs is 1. The average Bonchev–Trinajstić information content (AvgIpc) is 2.63. The molecule has 0 unspecified atom stereocenters. The second kappa shape index (κ2) is 3.87. The predicted octanol–water partition coefficient (Wildman–Crippen LogP) is 2.01. The first-order chi connectivity index (χ1) is 7.22. The number of Topliss-reactive ketones (excluding diaryl/α,β-unsaturated/α-hetero) is 1. The highest BCUT2D eigenvalue weighted by molar-refractivity contribution is 6.01. The van der Waals surface area contributed by atoms with Crippen molar-refractivity contribution < 1.29 is 4.79 Å². The van der Waals surface area contributed by atoms with Crippen molar-refractivity contribution in [3.05, 3.63) is 35.5 Å². The number of hydrogen-bond donors (Lipinski definition) is 2. The standard InChI is InChI=1S/C12H14N2O/c1-8-6-11-9(3-5-14-11)7-10(8)12(15)2-4-13/h3,5-7,14H,2,4,13H2,1H3. The molecule has 0 saturated heterocycles. The molecule has 15 heavy (non-hydrogen) atoms. The molecule has 1 heterocycles. The Morgan fingerprint density at radius 3 is 3.00 bits per heavy atom. The molecule has 0 radical (unpaired) electrons. The molecule has 2 rings (SSSR count). The Hall–Kier alpha value is -1.61. The van der Waals surface area contributed by atoms with Gasteiger partial charge in [-0.2, -0.15) is 0 Å². The lowest BCUT2D eigenvalue weighted by atomic mass is 10.0. The van der Waals surface area contributed by atoms with Gasteiger partial charge in [0.05, 0.1) is 0 Å². The summed E-state index contributed by atoms with van der Waals surface area (Å²) in [6, 6.07) is 5.90. The molecule has 0 spiro atoms. The molecule has 2 aromatic rings. The van der Waals surface area contributed by atoms with E-state index in [9.17, 15) is 4.79 Å². The lowest BCUT2D eigenvalue weighted by Crippen LogP contribution is -2.09. The van der Waals surface area contributed by atoms with Crippen molar-refractivity contribution in [3.63, 3.8) is 0 Å². The van der Waals surface area contributed by atoms with E-state index in [2.05, 4.69) is 4.98 Å². The number of H-pyrrole nitrogens is 1. The number of carbonyl (C=O) groups is 1. The second-order valence-corrected chi connectivity index (χ2v) is 3.69. The summed E-state index contributed by atoms with van der Waals surface area (Å²) in [5, 5.41) is 1.07. The number of carbonyl (C=O) groups excluding carboxylic acids is 1. The van der Waals surface area contributed by atoms with Gasteiger partial charge in [0.1, 0.15) is 0 Å². The van der Waals surface area contributed by atoms with E-state index in [0.717, 1.165) is 22.0 Å². The minimum absolute atomic E-state index is 0.123. The predicted molar refractivity (Wildman–Crippen MR) is 61.0 cm³/mol. The van der Waals surface area contributed by atoms with Gasteiger partial charge in [0, 0.05) is 29.1 Å². The number of rotatable bonds is 3. The largest absolute Gasteiger partial charge is 0.361 e. The number of hydrogen-bond acceptors (Lipinski definition) is 2. The van der Waals surface area contributed by atoms with Gasteiger partial charge in [-0.05, 0) is 37.2 Å². The van der Waals surface area contributed by atoms with E-state index < -0.39 is 0 Å². The van der Waals surface area contributed by atoms with Crippen LogP contribution in [-0.2, 0) is 0 Å². The first-order valence-corrected chi connectivity index (χ1v) is 5.03. The second-order valence-electron chi connectivity index (χ2n) is 3.69. The number of nitrogens with one attached hydrogen (secondary N) is 1. The lowest BCUT2D eigenvalue weighted by Gasteiger charge is -2.04. The van der Waals surface area contributed by atoms with E-state index in [1.54, 1.807) is 0 Å². The Balaban J connectivity index is 2.50. The van der Waals surface area contributed by atoms with Gasteiger partial charge >= 0.3 is 0 Å². The zero-order valence-electron chi connectivity index (χ0n) is 8.71. The third kappa shape index (κ3) is 1.78. The van der Waals surface area contributed by atoms with Gasteiger partial charge in [-0.3, -0.25) is 4.79 Å². The molecule has 3 nitrogen and oxygen atoms in total. The maximum absolute atomic E-state index is 11.7. The van der Waals surface area contributed by atoms with Crippen LogP contribution in [0.5, 0.6) is 0 Å². The van der Waals surface area contributed by atoms with Gasteiger partial charge in [0.15, 0.2) is 5.78 Å². The van der Waals surface area contributed by atoms with Gasteiger partial charge in [0.2, 0.25) is 0 Å². The molecule has 3 heteroatoms. The highest BCUT2D eigenvalue weighted by atomic mass is 16.1. The summed E-state index contributed by atoms with van der Waals surface area (Å²) in [5.41, 5.74) is 8.24. The quantitative estimate of drug-likeness (QED) is 0.748. The number of nitrogens with two attached hydrogens (primary N) is 1. The molecule has 0 amide bonds. The van der Waals surface area contributed by atoms with E-state index in [-0.39, 0.29) is 5.78 Å². The molecule has 0 bridgehead atoms. The topological polar surface area (TPSA) is 58.9 Å². The Morgan fingerprint density at radius 2 is 2.27 bits per heavy atom. The maximum atomic E-state index is 11.7. The van der Waals surface area contributed by atoms with Crippen molar-refractivity contribution in [3.8, 4) is 0 Å². The molecule has 0 aliphatic carbocycles. The van der Waals surface area contributed by atoms with E-state index in [1.807, 2.05) is 31.3 Å². The first-order valence-electron chi connectivity index (χ1n) is 5.03. The van der Waals surface area contributed by atoms with Crippen LogP contribution in [0.15, 0.2) is 24.4 Å². The molecule has 0 fully saturated rings. The first kappa shape index (κ1) is 9.93. The molecular formula is C12H14N2O. The van der Waals surface area contributed by atoms with Crippen molar-refractivity contribution in [2.45, 2.75) is 13.3 Å². The Labute approximate surface area is 88.3 Å². The summed E-state index contributed by atoms with van der Waals surface area (Å²) in [7, 11) is 0. The van der Waals surface area contributed by atoms with Crippen LogP contribution < -0.4 is 5.73 Å². The Bertz CT molecular complexity index is 499. The average molecular weight is 202 g/mol. The zero-order chi connectivity index (χ0) is 10.8. The minimum atomic E-state index is 0.123. The zero-order valence-corrected chi connectivity index (χ0v) is 8.71. The van der Waals surface area contributed by atoms with Crippen LogP contribution >= 0.6 is 0 Å². The van der Waals surface area contributed by atoms with Crippen LogP contribution in [0.2, 0.25) is 0 Å². The van der Waals surface area contributed by atoms with Crippen LogP contribution in [0.3, 0.4) is 0 Å². The summed E-state index contributed by atoms with van der Waals surface area (Å²) in [6.45, 7) is 2.35. The van der Waals surface area contributed by atoms with Gasteiger partial charge < -0.3 is 10.7 Å². The summed E-state index contributed by atoms with van der Waals surface area (Å²) in [4.78, 5) is 14.9. The molecule has 1 aromatic carbocycles. The fourth-order valence-corrected chi connectivity index (χ4v) is 1.77. The summed E-state index contributed by atoms with van der Waals surface area (Å²) < 4.78 is 0. The molecule has 0 saturated carbocycles. The summed E-state index contributed by atoms with van der Waals surface area (Å²) >= 11 is 0. The van der Waals surface area contributed by atoms with Crippen molar-refractivity contribution in [1.82, 2.24) is 4.98 Å². The normalized spacial score (nSPS) is 10.8. The van der Waals surface area contributed by atoms with E-state index >= 15 is 0 Å². The van der Waals surface area contributed by atoms with E-state index in [0.29, 0.717) is 13.0 Å². The van der Waals surface area contributed by atoms with Gasteiger partial charge in [-0.25, -0.2) is 0 Å². The van der Waals surface area contributed by atoms with Crippen LogP contribution in [-0.4, -0.2) is 17.3 Å². The number of aromatic nitrogens is 1. The molecule has 3 N–H and O–H groups in total. The van der Waals surface area contributed by atoms with Gasteiger partial charge in [-0.1, -0.05) is 0 Å².